The fraction of sp³-hybridized carbons (Fsp3) is 0.0769. The molecule has 1 aromatic heterocycles. The lowest BCUT2D eigenvalue weighted by molar-refractivity contribution is -0.137. The van der Waals surface area contributed by atoms with E-state index in [1.807, 2.05) is 0 Å². The van der Waals surface area contributed by atoms with Crippen molar-refractivity contribution in [3.05, 3.63) is 52.8 Å². The highest BCUT2D eigenvalue weighted by atomic mass is 35.5. The smallest absolute Gasteiger partial charge is 0.418 e. The Kier molecular flexibility index (Phi) is 4.04. The van der Waals surface area contributed by atoms with Crippen molar-refractivity contribution < 1.29 is 27.8 Å². The number of carbonyl (C=O) groups is 1. The number of benzene rings is 1. The van der Waals surface area contributed by atoms with Crippen molar-refractivity contribution in [1.29, 1.82) is 0 Å². The zero-order valence-electron chi connectivity index (χ0n) is 10.2. The van der Waals surface area contributed by atoms with Gasteiger partial charge in [0.25, 0.3) is 0 Å². The van der Waals surface area contributed by atoms with Gasteiger partial charge in [0, 0.05) is 11.2 Å². The molecule has 0 saturated heterocycles. The maximum absolute atomic E-state index is 12.6. The predicted molar refractivity (Wildman–Crippen MR) is 67.7 cm³/mol. The molecule has 2 aromatic rings. The zero-order chi connectivity index (χ0) is 15.6. The van der Waals surface area contributed by atoms with Gasteiger partial charge in [-0.2, -0.15) is 13.2 Å². The first kappa shape index (κ1) is 15.1. The topological polar surface area (TPSA) is 59.4 Å². The Bertz CT molecular complexity index is 671. The Labute approximate surface area is 121 Å². The quantitative estimate of drug-likeness (QED) is 0.919. The predicted octanol–water partition coefficient (Wildman–Crippen LogP) is 4.24. The summed E-state index contributed by atoms with van der Waals surface area (Å²) >= 11 is 5.67. The minimum absolute atomic E-state index is 0.142. The van der Waals surface area contributed by atoms with Gasteiger partial charge in [0.05, 0.1) is 5.56 Å². The van der Waals surface area contributed by atoms with Gasteiger partial charge >= 0.3 is 12.1 Å². The summed E-state index contributed by atoms with van der Waals surface area (Å²) in [4.78, 5) is 14.3. The molecule has 110 valence electrons. The van der Waals surface area contributed by atoms with Crippen molar-refractivity contribution in [2.24, 2.45) is 0 Å². The number of carboxylic acids is 1. The third-order valence-corrected chi connectivity index (χ3v) is 2.68. The molecule has 1 aromatic carbocycles. The lowest BCUT2D eigenvalue weighted by Crippen LogP contribution is -2.10. The van der Waals surface area contributed by atoms with Gasteiger partial charge in [-0.3, -0.25) is 0 Å². The number of alkyl halides is 3. The highest BCUT2D eigenvalue weighted by Gasteiger charge is 2.32. The highest BCUT2D eigenvalue weighted by Crippen LogP contribution is 2.33. The standard InChI is InChI=1S/C13H7ClF3NO3/c14-8-1-3-9(4-2-8)21-10-5-7(13(15,16)17)6-18-11(10)12(19)20/h1-6H,(H,19,20). The number of rotatable bonds is 3. The molecule has 0 saturated carbocycles. The number of aromatic carboxylic acids is 1. The van der Waals surface area contributed by atoms with E-state index >= 15 is 0 Å². The molecule has 0 aliphatic carbocycles. The summed E-state index contributed by atoms with van der Waals surface area (Å²) in [6, 6.07) is 6.30. The molecule has 2 rings (SSSR count). The Morgan fingerprint density at radius 3 is 2.38 bits per heavy atom. The third kappa shape index (κ3) is 3.63. The summed E-state index contributed by atoms with van der Waals surface area (Å²) in [5, 5.41) is 9.34. The number of halogens is 4. The van der Waals surface area contributed by atoms with Gasteiger partial charge in [-0.25, -0.2) is 9.78 Å². The van der Waals surface area contributed by atoms with Gasteiger partial charge < -0.3 is 9.84 Å². The van der Waals surface area contributed by atoms with Crippen molar-refractivity contribution in [2.75, 3.05) is 0 Å². The fourth-order valence-corrected chi connectivity index (χ4v) is 1.59. The normalized spacial score (nSPS) is 11.2. The van der Waals surface area contributed by atoms with Gasteiger partial charge in [0.2, 0.25) is 0 Å². The summed E-state index contributed by atoms with van der Waals surface area (Å²) in [5.74, 6) is -1.85. The number of hydrogen-bond donors (Lipinski definition) is 1. The van der Waals surface area contributed by atoms with E-state index in [0.29, 0.717) is 17.3 Å². The molecular weight excluding hydrogens is 311 g/mol. The van der Waals surface area contributed by atoms with E-state index < -0.39 is 29.2 Å². The maximum atomic E-state index is 12.6. The largest absolute Gasteiger partial charge is 0.476 e. The molecule has 0 fully saturated rings. The van der Waals surface area contributed by atoms with Gasteiger partial charge in [-0.15, -0.1) is 0 Å². The van der Waals surface area contributed by atoms with Crippen LogP contribution >= 0.6 is 11.6 Å². The van der Waals surface area contributed by atoms with Gasteiger partial charge in [0.1, 0.15) is 5.75 Å². The number of carboxylic acid groups (broad SMARTS) is 1. The van der Waals surface area contributed by atoms with E-state index in [9.17, 15) is 18.0 Å². The molecule has 0 radical (unpaired) electrons. The second-order valence-corrected chi connectivity index (χ2v) is 4.37. The van der Waals surface area contributed by atoms with E-state index in [1.54, 1.807) is 0 Å². The third-order valence-electron chi connectivity index (χ3n) is 2.42. The van der Waals surface area contributed by atoms with E-state index in [0.717, 1.165) is 0 Å². The fourth-order valence-electron chi connectivity index (χ4n) is 1.47. The SMILES string of the molecule is O=C(O)c1ncc(C(F)(F)F)cc1Oc1ccc(Cl)cc1. The molecule has 21 heavy (non-hydrogen) atoms. The lowest BCUT2D eigenvalue weighted by atomic mass is 10.2. The Morgan fingerprint density at radius 1 is 1.24 bits per heavy atom. The van der Waals surface area contributed by atoms with E-state index in [2.05, 4.69) is 4.98 Å². The summed E-state index contributed by atoms with van der Waals surface area (Å²) in [6.45, 7) is 0. The zero-order valence-corrected chi connectivity index (χ0v) is 10.9. The molecule has 0 unspecified atom stereocenters. The van der Waals surface area contributed by atoms with Crippen LogP contribution in [0.25, 0.3) is 0 Å². The van der Waals surface area contributed by atoms with E-state index in [4.69, 9.17) is 21.4 Å². The van der Waals surface area contributed by atoms with Crippen molar-refractivity contribution in [3.8, 4) is 11.5 Å². The van der Waals surface area contributed by atoms with Crippen molar-refractivity contribution in [3.63, 3.8) is 0 Å². The molecule has 0 aliphatic heterocycles. The van der Waals surface area contributed by atoms with E-state index in [1.165, 1.54) is 24.3 Å². The molecule has 0 atom stereocenters. The minimum atomic E-state index is -4.65. The minimum Gasteiger partial charge on any atom is -0.476 e. The molecule has 1 heterocycles. The van der Waals surface area contributed by atoms with Crippen LogP contribution in [-0.2, 0) is 6.18 Å². The van der Waals surface area contributed by atoms with Gasteiger partial charge in [0.15, 0.2) is 11.4 Å². The molecule has 0 aliphatic rings. The van der Waals surface area contributed by atoms with Crippen LogP contribution < -0.4 is 4.74 Å². The van der Waals surface area contributed by atoms with Crippen LogP contribution in [0.1, 0.15) is 16.1 Å². The van der Waals surface area contributed by atoms with Crippen LogP contribution in [0.3, 0.4) is 0 Å². The first-order valence-electron chi connectivity index (χ1n) is 5.51. The van der Waals surface area contributed by atoms with Gasteiger partial charge in [-0.05, 0) is 30.3 Å². The highest BCUT2D eigenvalue weighted by molar-refractivity contribution is 6.30. The second-order valence-electron chi connectivity index (χ2n) is 3.93. The second kappa shape index (κ2) is 5.61. The Hall–Kier alpha value is -2.28. The number of hydrogen-bond acceptors (Lipinski definition) is 3. The van der Waals surface area contributed by atoms with Crippen LogP contribution in [0.2, 0.25) is 5.02 Å². The molecule has 1 N–H and O–H groups in total. The Balaban J connectivity index is 2.43. The number of pyridine rings is 1. The first-order chi connectivity index (χ1) is 9.77. The maximum Gasteiger partial charge on any atom is 0.418 e. The van der Waals surface area contributed by atoms with Crippen molar-refractivity contribution in [2.45, 2.75) is 6.18 Å². The average molecular weight is 318 g/mol. The molecule has 8 heteroatoms. The van der Waals surface area contributed by atoms with Crippen LogP contribution in [-0.4, -0.2) is 16.1 Å². The lowest BCUT2D eigenvalue weighted by Gasteiger charge is -2.11. The summed E-state index contributed by atoms with van der Waals surface area (Å²) in [6.07, 6.45) is -4.21. The molecule has 0 spiro atoms. The Morgan fingerprint density at radius 2 is 1.86 bits per heavy atom. The first-order valence-corrected chi connectivity index (χ1v) is 5.89. The summed E-state index contributed by atoms with van der Waals surface area (Å²) in [7, 11) is 0. The van der Waals surface area contributed by atoms with Crippen molar-refractivity contribution in [1.82, 2.24) is 4.98 Å². The van der Waals surface area contributed by atoms with Gasteiger partial charge in [-0.1, -0.05) is 11.6 Å². The molecule has 4 nitrogen and oxygen atoms in total. The monoisotopic (exact) mass is 317 g/mol. The average Bonchev–Trinajstić information content (AvgIpc) is 2.40. The van der Waals surface area contributed by atoms with Crippen LogP contribution in [0.5, 0.6) is 11.5 Å². The number of aromatic nitrogens is 1. The number of ether oxygens (including phenoxy) is 1. The van der Waals surface area contributed by atoms with Crippen LogP contribution in [0, 0.1) is 0 Å². The van der Waals surface area contributed by atoms with Crippen molar-refractivity contribution >= 4 is 17.6 Å². The van der Waals surface area contributed by atoms with Crippen LogP contribution in [0.4, 0.5) is 13.2 Å². The summed E-state index contributed by atoms with van der Waals surface area (Å²) in [5.41, 5.74) is -1.71. The summed E-state index contributed by atoms with van der Waals surface area (Å²) < 4.78 is 43.1. The van der Waals surface area contributed by atoms with E-state index in [-0.39, 0.29) is 5.75 Å². The molecule has 0 bridgehead atoms. The van der Waals surface area contributed by atoms with Crippen LogP contribution in [0.15, 0.2) is 36.5 Å². The molecule has 0 amide bonds. The molecular formula is C13H7ClF3NO3. The number of nitrogens with zero attached hydrogens (tertiary/aromatic N) is 1.